The van der Waals surface area contributed by atoms with E-state index in [1.807, 2.05) is 0 Å². The van der Waals surface area contributed by atoms with Crippen LogP contribution < -0.4 is 0 Å². The molecule has 1 heterocycles. The van der Waals surface area contributed by atoms with Crippen LogP contribution in [-0.2, 0) is 5.41 Å². The SMILES string of the molecule is CC(C)(CCO)c1cc(Br)sc1Br. The predicted octanol–water partition coefficient (Wildman–Crippen LogP) is 3.93. The first-order valence-corrected chi connectivity index (χ1v) is 6.44. The minimum absolute atomic E-state index is 0.0378. The Labute approximate surface area is 99.4 Å². The van der Waals surface area contributed by atoms with Crippen LogP contribution >= 0.6 is 43.2 Å². The minimum atomic E-state index is 0.0378. The van der Waals surface area contributed by atoms with Gasteiger partial charge in [0.2, 0.25) is 0 Å². The topological polar surface area (TPSA) is 20.2 Å². The molecule has 0 atom stereocenters. The number of aliphatic hydroxyl groups excluding tert-OH is 1. The second-order valence-electron chi connectivity index (χ2n) is 3.60. The number of hydrogen-bond acceptors (Lipinski definition) is 2. The molecule has 1 aromatic heterocycles. The summed E-state index contributed by atoms with van der Waals surface area (Å²) in [6.45, 7) is 4.51. The van der Waals surface area contributed by atoms with E-state index < -0.39 is 0 Å². The van der Waals surface area contributed by atoms with Gasteiger partial charge < -0.3 is 5.11 Å². The average Bonchev–Trinajstić information content (AvgIpc) is 2.30. The molecule has 0 amide bonds. The van der Waals surface area contributed by atoms with Gasteiger partial charge in [-0.15, -0.1) is 11.3 Å². The molecule has 1 rings (SSSR count). The molecular weight excluding hydrogens is 316 g/mol. The molecule has 0 saturated carbocycles. The van der Waals surface area contributed by atoms with Crippen molar-refractivity contribution in [2.75, 3.05) is 6.61 Å². The van der Waals surface area contributed by atoms with E-state index in [1.54, 1.807) is 11.3 Å². The fourth-order valence-corrected chi connectivity index (χ4v) is 4.55. The number of halogens is 2. The predicted molar refractivity (Wildman–Crippen MR) is 64.4 cm³/mol. The van der Waals surface area contributed by atoms with Gasteiger partial charge in [0.05, 0.1) is 7.57 Å². The van der Waals surface area contributed by atoms with Crippen LogP contribution in [0.3, 0.4) is 0 Å². The van der Waals surface area contributed by atoms with Crippen molar-refractivity contribution in [3.8, 4) is 0 Å². The normalized spacial score (nSPS) is 12.1. The molecule has 1 nitrogen and oxygen atoms in total. The monoisotopic (exact) mass is 326 g/mol. The first-order chi connectivity index (χ1) is 5.97. The Morgan fingerprint density at radius 1 is 1.46 bits per heavy atom. The third-order valence-electron chi connectivity index (χ3n) is 2.12. The maximum absolute atomic E-state index is 8.94. The van der Waals surface area contributed by atoms with Crippen molar-refractivity contribution in [3.05, 3.63) is 19.2 Å². The highest BCUT2D eigenvalue weighted by Gasteiger charge is 2.24. The van der Waals surface area contributed by atoms with Crippen LogP contribution in [0.15, 0.2) is 13.6 Å². The summed E-state index contributed by atoms with van der Waals surface area (Å²) in [6.07, 6.45) is 0.786. The van der Waals surface area contributed by atoms with E-state index in [1.165, 1.54) is 5.56 Å². The Morgan fingerprint density at radius 2 is 2.08 bits per heavy atom. The summed E-state index contributed by atoms with van der Waals surface area (Å²) in [7, 11) is 0. The summed E-state index contributed by atoms with van der Waals surface area (Å²) in [6, 6.07) is 2.12. The lowest BCUT2D eigenvalue weighted by molar-refractivity contribution is 0.252. The van der Waals surface area contributed by atoms with Crippen molar-refractivity contribution < 1.29 is 5.11 Å². The Balaban J connectivity index is 2.98. The summed E-state index contributed by atoms with van der Waals surface area (Å²) < 4.78 is 2.28. The van der Waals surface area contributed by atoms with E-state index >= 15 is 0 Å². The maximum Gasteiger partial charge on any atom is 0.0747 e. The summed E-state index contributed by atoms with van der Waals surface area (Å²) in [5.74, 6) is 0. The zero-order valence-corrected chi connectivity index (χ0v) is 11.6. The van der Waals surface area contributed by atoms with Crippen LogP contribution in [0.2, 0.25) is 0 Å². The maximum atomic E-state index is 8.94. The molecule has 0 aliphatic rings. The fraction of sp³-hybridized carbons (Fsp3) is 0.556. The second kappa shape index (κ2) is 4.43. The smallest absolute Gasteiger partial charge is 0.0747 e. The Morgan fingerprint density at radius 3 is 2.46 bits per heavy atom. The molecule has 1 N–H and O–H groups in total. The Bertz CT molecular complexity index is 294. The Kier molecular flexibility index (Phi) is 3.98. The van der Waals surface area contributed by atoms with Crippen molar-refractivity contribution in [3.63, 3.8) is 0 Å². The van der Waals surface area contributed by atoms with Crippen LogP contribution in [0, 0.1) is 0 Å². The molecule has 74 valence electrons. The van der Waals surface area contributed by atoms with E-state index in [2.05, 4.69) is 51.8 Å². The molecular formula is C9H12Br2OS. The zero-order chi connectivity index (χ0) is 10.1. The summed E-state index contributed by atoms with van der Waals surface area (Å²) in [5, 5.41) is 8.94. The molecule has 0 saturated heterocycles. The lowest BCUT2D eigenvalue weighted by Gasteiger charge is -2.23. The van der Waals surface area contributed by atoms with Crippen LogP contribution in [0.25, 0.3) is 0 Å². The highest BCUT2D eigenvalue weighted by atomic mass is 79.9. The van der Waals surface area contributed by atoms with Gasteiger partial charge in [-0.2, -0.15) is 0 Å². The van der Waals surface area contributed by atoms with E-state index in [4.69, 9.17) is 5.11 Å². The van der Waals surface area contributed by atoms with Crippen LogP contribution in [0.1, 0.15) is 25.8 Å². The molecule has 0 spiro atoms. The number of thiophene rings is 1. The van der Waals surface area contributed by atoms with Crippen molar-refractivity contribution >= 4 is 43.2 Å². The summed E-state index contributed by atoms with van der Waals surface area (Å²) in [5.41, 5.74) is 1.30. The highest BCUT2D eigenvalue weighted by molar-refractivity contribution is 9.12. The lowest BCUT2D eigenvalue weighted by atomic mass is 9.84. The molecule has 4 heteroatoms. The van der Waals surface area contributed by atoms with E-state index in [0.717, 1.165) is 14.0 Å². The molecule has 0 aliphatic heterocycles. The van der Waals surface area contributed by atoms with E-state index in [9.17, 15) is 0 Å². The number of hydrogen-bond donors (Lipinski definition) is 1. The van der Waals surface area contributed by atoms with Gasteiger partial charge in [-0.3, -0.25) is 0 Å². The molecule has 1 aromatic rings. The van der Waals surface area contributed by atoms with Gasteiger partial charge in [0.15, 0.2) is 0 Å². The highest BCUT2D eigenvalue weighted by Crippen LogP contribution is 2.40. The third-order valence-corrected chi connectivity index (χ3v) is 4.46. The van der Waals surface area contributed by atoms with Crippen molar-refractivity contribution in [1.82, 2.24) is 0 Å². The lowest BCUT2D eigenvalue weighted by Crippen LogP contribution is -2.18. The standard InChI is InChI=1S/C9H12Br2OS/c1-9(2,3-4-12)6-5-7(10)13-8(6)11/h5,12H,3-4H2,1-2H3. The van der Waals surface area contributed by atoms with E-state index in [-0.39, 0.29) is 12.0 Å². The molecule has 0 aliphatic carbocycles. The third kappa shape index (κ3) is 2.78. The van der Waals surface area contributed by atoms with Gasteiger partial charge in [-0.05, 0) is 55.3 Å². The van der Waals surface area contributed by atoms with Gasteiger partial charge in [-0.1, -0.05) is 13.8 Å². The van der Waals surface area contributed by atoms with Crippen LogP contribution in [-0.4, -0.2) is 11.7 Å². The second-order valence-corrected chi connectivity index (χ2v) is 7.34. The molecule has 0 aromatic carbocycles. The average molecular weight is 328 g/mol. The van der Waals surface area contributed by atoms with Gasteiger partial charge >= 0.3 is 0 Å². The quantitative estimate of drug-likeness (QED) is 0.891. The van der Waals surface area contributed by atoms with E-state index in [0.29, 0.717) is 0 Å². The molecule has 0 fully saturated rings. The first-order valence-electron chi connectivity index (χ1n) is 4.03. The summed E-state index contributed by atoms with van der Waals surface area (Å²) in [4.78, 5) is 0. The Hall–Kier alpha value is 0.620. The van der Waals surface area contributed by atoms with Gasteiger partial charge in [0.1, 0.15) is 0 Å². The molecule has 0 unspecified atom stereocenters. The van der Waals surface area contributed by atoms with Crippen LogP contribution in [0.5, 0.6) is 0 Å². The zero-order valence-electron chi connectivity index (χ0n) is 7.60. The van der Waals surface area contributed by atoms with Gasteiger partial charge in [0.25, 0.3) is 0 Å². The fourth-order valence-electron chi connectivity index (χ4n) is 1.22. The van der Waals surface area contributed by atoms with Crippen LogP contribution in [0.4, 0.5) is 0 Å². The number of rotatable bonds is 3. The first kappa shape index (κ1) is 11.7. The summed E-state index contributed by atoms with van der Waals surface area (Å²) >= 11 is 8.66. The minimum Gasteiger partial charge on any atom is -0.396 e. The largest absolute Gasteiger partial charge is 0.396 e. The molecule has 0 radical (unpaired) electrons. The molecule has 0 bridgehead atoms. The van der Waals surface area contributed by atoms with Crippen molar-refractivity contribution in [1.29, 1.82) is 0 Å². The molecule has 13 heavy (non-hydrogen) atoms. The van der Waals surface area contributed by atoms with Crippen molar-refractivity contribution in [2.45, 2.75) is 25.7 Å². The van der Waals surface area contributed by atoms with Gasteiger partial charge in [0, 0.05) is 6.61 Å². The number of aliphatic hydroxyl groups is 1. The van der Waals surface area contributed by atoms with Crippen molar-refractivity contribution in [2.24, 2.45) is 0 Å². The van der Waals surface area contributed by atoms with Gasteiger partial charge in [-0.25, -0.2) is 0 Å².